The number of carbonyl (C=O) groups is 1. The molecule has 0 spiro atoms. The Labute approximate surface area is 160 Å². The maximum absolute atomic E-state index is 13.3. The van der Waals surface area contributed by atoms with Crippen molar-refractivity contribution in [3.05, 3.63) is 42.0 Å². The Morgan fingerprint density at radius 3 is 2.41 bits per heavy atom. The Morgan fingerprint density at radius 2 is 1.78 bits per heavy atom. The summed E-state index contributed by atoms with van der Waals surface area (Å²) < 4.78 is 29.1. The molecule has 0 bridgehead atoms. The first kappa shape index (κ1) is 18.3. The summed E-state index contributed by atoms with van der Waals surface area (Å²) in [4.78, 5) is 15.2. The fourth-order valence-corrected chi connectivity index (χ4v) is 5.72. The second-order valence-electron chi connectivity index (χ2n) is 7.73. The summed E-state index contributed by atoms with van der Waals surface area (Å²) in [5.74, 6) is 0.870. The van der Waals surface area contributed by atoms with E-state index in [-0.39, 0.29) is 35.4 Å². The minimum atomic E-state index is -3.01. The summed E-state index contributed by atoms with van der Waals surface area (Å²) in [5, 5.41) is 2.13. The molecular formula is C21H25NO4S. The summed E-state index contributed by atoms with van der Waals surface area (Å²) in [5.41, 5.74) is 0.962. The van der Waals surface area contributed by atoms with Gasteiger partial charge in [0.1, 0.15) is 5.75 Å². The van der Waals surface area contributed by atoms with Crippen LogP contribution >= 0.6 is 0 Å². The van der Waals surface area contributed by atoms with Crippen LogP contribution in [0.3, 0.4) is 0 Å². The second kappa shape index (κ2) is 6.82. The standard InChI is InChI=1S/C21H25NO4S/c1-14(15-3-4-17-12-20(26-2)8-5-16(17)11-15)21(23)22(18-6-7-18)19-9-10-27(24,25)13-19/h3-5,8,11-12,14,18-19H,6-7,9-10,13H2,1-2H3/t14-,19?/m0/s1. The van der Waals surface area contributed by atoms with Crippen LogP contribution in [0, 0.1) is 0 Å². The predicted octanol–water partition coefficient (Wildman–Crippen LogP) is 3.13. The summed E-state index contributed by atoms with van der Waals surface area (Å²) >= 11 is 0. The topological polar surface area (TPSA) is 63.7 Å². The zero-order chi connectivity index (χ0) is 19.2. The van der Waals surface area contributed by atoms with Gasteiger partial charge < -0.3 is 9.64 Å². The van der Waals surface area contributed by atoms with Gasteiger partial charge in [-0.1, -0.05) is 24.3 Å². The number of sulfone groups is 1. The normalized spacial score (nSPS) is 22.5. The lowest BCUT2D eigenvalue weighted by Crippen LogP contribution is -2.44. The number of hydrogen-bond acceptors (Lipinski definition) is 4. The van der Waals surface area contributed by atoms with E-state index in [0.717, 1.165) is 34.9 Å². The Balaban J connectivity index is 1.59. The monoisotopic (exact) mass is 387 g/mol. The largest absolute Gasteiger partial charge is 0.497 e. The van der Waals surface area contributed by atoms with Gasteiger partial charge in [0.2, 0.25) is 5.91 Å². The third-order valence-electron chi connectivity index (χ3n) is 5.74. The van der Waals surface area contributed by atoms with Gasteiger partial charge >= 0.3 is 0 Å². The fourth-order valence-electron chi connectivity index (χ4n) is 4.01. The minimum Gasteiger partial charge on any atom is -0.497 e. The van der Waals surface area contributed by atoms with Crippen LogP contribution < -0.4 is 4.74 Å². The van der Waals surface area contributed by atoms with Gasteiger partial charge in [0, 0.05) is 12.1 Å². The Morgan fingerprint density at radius 1 is 1.07 bits per heavy atom. The molecule has 1 amide bonds. The molecule has 0 aromatic heterocycles. The molecule has 144 valence electrons. The van der Waals surface area contributed by atoms with Crippen molar-refractivity contribution >= 4 is 26.5 Å². The van der Waals surface area contributed by atoms with Gasteiger partial charge in [0.15, 0.2) is 9.84 Å². The van der Waals surface area contributed by atoms with E-state index in [9.17, 15) is 13.2 Å². The van der Waals surface area contributed by atoms with Gasteiger partial charge in [-0.05, 0) is 54.7 Å². The van der Waals surface area contributed by atoms with E-state index >= 15 is 0 Å². The summed E-state index contributed by atoms with van der Waals surface area (Å²) in [6.07, 6.45) is 2.52. The molecular weight excluding hydrogens is 362 g/mol. The molecule has 2 fully saturated rings. The van der Waals surface area contributed by atoms with Crippen molar-refractivity contribution in [2.75, 3.05) is 18.6 Å². The third kappa shape index (κ3) is 3.68. The van der Waals surface area contributed by atoms with Crippen LogP contribution in [0.4, 0.5) is 0 Å². The maximum atomic E-state index is 13.3. The van der Waals surface area contributed by atoms with Crippen molar-refractivity contribution in [3.63, 3.8) is 0 Å². The van der Waals surface area contributed by atoms with E-state index in [1.807, 2.05) is 48.2 Å². The molecule has 6 heteroatoms. The van der Waals surface area contributed by atoms with Crippen LogP contribution in [0.15, 0.2) is 36.4 Å². The molecule has 5 nitrogen and oxygen atoms in total. The van der Waals surface area contributed by atoms with Crippen LogP contribution in [-0.4, -0.2) is 49.9 Å². The van der Waals surface area contributed by atoms with Crippen molar-refractivity contribution in [2.24, 2.45) is 0 Å². The first-order chi connectivity index (χ1) is 12.9. The quantitative estimate of drug-likeness (QED) is 0.791. The van der Waals surface area contributed by atoms with Crippen LogP contribution in [0.2, 0.25) is 0 Å². The highest BCUT2D eigenvalue weighted by Crippen LogP contribution is 2.35. The molecule has 1 saturated heterocycles. The van der Waals surface area contributed by atoms with Gasteiger partial charge in [0.25, 0.3) is 0 Å². The number of fused-ring (bicyclic) bond motifs is 1. The van der Waals surface area contributed by atoms with Crippen molar-refractivity contribution in [2.45, 2.75) is 44.2 Å². The number of rotatable bonds is 5. The number of benzene rings is 2. The summed E-state index contributed by atoms with van der Waals surface area (Å²) in [6, 6.07) is 12.0. The summed E-state index contributed by atoms with van der Waals surface area (Å²) in [6.45, 7) is 1.92. The molecule has 2 atom stereocenters. The van der Waals surface area contributed by atoms with E-state index in [1.54, 1.807) is 7.11 Å². The van der Waals surface area contributed by atoms with Gasteiger partial charge in [-0.25, -0.2) is 8.42 Å². The Bertz CT molecular complexity index is 981. The summed E-state index contributed by atoms with van der Waals surface area (Å²) in [7, 11) is -1.37. The Kier molecular flexibility index (Phi) is 4.62. The highest BCUT2D eigenvalue weighted by Gasteiger charge is 2.43. The molecule has 1 saturated carbocycles. The number of nitrogens with zero attached hydrogens (tertiary/aromatic N) is 1. The minimum absolute atomic E-state index is 0.0486. The average molecular weight is 388 g/mol. The van der Waals surface area contributed by atoms with Crippen LogP contribution in [-0.2, 0) is 14.6 Å². The van der Waals surface area contributed by atoms with Gasteiger partial charge in [-0.15, -0.1) is 0 Å². The highest BCUT2D eigenvalue weighted by molar-refractivity contribution is 7.91. The lowest BCUT2D eigenvalue weighted by Gasteiger charge is -2.31. The average Bonchev–Trinajstić information content (AvgIpc) is 3.43. The molecule has 1 aliphatic carbocycles. The van der Waals surface area contributed by atoms with Crippen LogP contribution in [0.1, 0.15) is 37.7 Å². The maximum Gasteiger partial charge on any atom is 0.230 e. The smallest absolute Gasteiger partial charge is 0.230 e. The van der Waals surface area contributed by atoms with Gasteiger partial charge in [-0.2, -0.15) is 0 Å². The molecule has 4 rings (SSSR count). The van der Waals surface area contributed by atoms with Crippen molar-refractivity contribution in [1.82, 2.24) is 4.90 Å². The molecule has 2 aromatic carbocycles. The Hall–Kier alpha value is -2.08. The van der Waals surface area contributed by atoms with Crippen molar-refractivity contribution in [3.8, 4) is 5.75 Å². The van der Waals surface area contributed by atoms with Crippen molar-refractivity contribution < 1.29 is 17.9 Å². The molecule has 2 aromatic rings. The molecule has 1 unspecified atom stereocenters. The first-order valence-corrected chi connectivity index (χ1v) is 11.3. The lowest BCUT2D eigenvalue weighted by atomic mass is 9.95. The lowest BCUT2D eigenvalue weighted by molar-refractivity contribution is -0.135. The highest BCUT2D eigenvalue weighted by atomic mass is 32.2. The SMILES string of the molecule is COc1ccc2cc([C@H](C)C(=O)N(C3CC3)C3CCS(=O)(=O)C3)ccc2c1. The van der Waals surface area contributed by atoms with Crippen LogP contribution in [0.25, 0.3) is 10.8 Å². The van der Waals surface area contributed by atoms with Crippen molar-refractivity contribution in [1.29, 1.82) is 0 Å². The van der Waals surface area contributed by atoms with Gasteiger partial charge in [0.05, 0.1) is 24.5 Å². The van der Waals surface area contributed by atoms with E-state index in [0.29, 0.717) is 6.42 Å². The molecule has 0 N–H and O–H groups in total. The number of methoxy groups -OCH3 is 1. The van der Waals surface area contributed by atoms with E-state index in [4.69, 9.17) is 4.74 Å². The molecule has 1 aliphatic heterocycles. The number of ether oxygens (including phenoxy) is 1. The molecule has 1 heterocycles. The van der Waals surface area contributed by atoms with Gasteiger partial charge in [-0.3, -0.25) is 4.79 Å². The first-order valence-electron chi connectivity index (χ1n) is 9.48. The van der Waals surface area contributed by atoms with E-state index < -0.39 is 9.84 Å². The zero-order valence-electron chi connectivity index (χ0n) is 15.7. The van der Waals surface area contributed by atoms with E-state index in [1.165, 1.54) is 0 Å². The number of amides is 1. The fraction of sp³-hybridized carbons (Fsp3) is 0.476. The van der Waals surface area contributed by atoms with E-state index in [2.05, 4.69) is 0 Å². The predicted molar refractivity (Wildman–Crippen MR) is 106 cm³/mol. The molecule has 27 heavy (non-hydrogen) atoms. The molecule has 2 aliphatic rings. The second-order valence-corrected chi connectivity index (χ2v) is 9.96. The zero-order valence-corrected chi connectivity index (χ0v) is 16.5. The number of hydrogen-bond donors (Lipinski definition) is 0. The number of carbonyl (C=O) groups excluding carboxylic acids is 1. The molecule has 0 radical (unpaired) electrons. The van der Waals surface area contributed by atoms with Crippen LogP contribution in [0.5, 0.6) is 5.75 Å². The third-order valence-corrected chi connectivity index (χ3v) is 7.49.